The summed E-state index contributed by atoms with van der Waals surface area (Å²) in [6.07, 6.45) is 1.52. The summed E-state index contributed by atoms with van der Waals surface area (Å²) in [6, 6.07) is 22.7. The third kappa shape index (κ3) is 6.62. The van der Waals surface area contributed by atoms with Crippen molar-refractivity contribution in [1.29, 1.82) is 5.26 Å². The second-order valence-corrected chi connectivity index (χ2v) is 7.39. The minimum atomic E-state index is -0.452. The molecule has 0 heterocycles. The molecule has 0 atom stereocenters. The van der Waals surface area contributed by atoms with Crippen molar-refractivity contribution < 1.29 is 19.0 Å². The quantitative estimate of drug-likeness (QED) is 0.380. The molecule has 0 radical (unpaired) electrons. The van der Waals surface area contributed by atoms with Gasteiger partial charge in [-0.2, -0.15) is 5.26 Å². The maximum atomic E-state index is 12.5. The Hall–Kier alpha value is -4.24. The van der Waals surface area contributed by atoms with Gasteiger partial charge in [-0.15, -0.1) is 0 Å². The maximum absolute atomic E-state index is 12.5. The van der Waals surface area contributed by atoms with Gasteiger partial charge in [-0.3, -0.25) is 4.79 Å². The van der Waals surface area contributed by atoms with Crippen LogP contribution in [0.15, 0.2) is 72.3 Å². The first-order valence-corrected chi connectivity index (χ1v) is 10.4. The molecular formula is C27H26N2O4. The number of ether oxygens (including phenoxy) is 3. The number of hydrogen-bond donors (Lipinski definition) is 1. The van der Waals surface area contributed by atoms with Gasteiger partial charge in [-0.25, -0.2) is 0 Å². The van der Waals surface area contributed by atoms with Gasteiger partial charge in [0.1, 0.15) is 24.0 Å². The SMILES string of the molecule is COc1ccc(CNC(=O)/C(C#N)=C\c2ccc(OCc3cccc(C)c3)c(OC)c2)cc1. The Balaban J connectivity index is 1.67. The number of carbonyl (C=O) groups is 1. The molecule has 3 rings (SSSR count). The minimum Gasteiger partial charge on any atom is -0.497 e. The van der Waals surface area contributed by atoms with Crippen LogP contribution >= 0.6 is 0 Å². The molecule has 0 spiro atoms. The average Bonchev–Trinajstić information content (AvgIpc) is 2.85. The van der Waals surface area contributed by atoms with E-state index in [-0.39, 0.29) is 5.57 Å². The van der Waals surface area contributed by atoms with Crippen LogP contribution < -0.4 is 19.5 Å². The Morgan fingerprint density at radius 2 is 1.76 bits per heavy atom. The Morgan fingerprint density at radius 3 is 2.42 bits per heavy atom. The Kier molecular flexibility index (Phi) is 8.09. The highest BCUT2D eigenvalue weighted by atomic mass is 16.5. The Morgan fingerprint density at radius 1 is 0.970 bits per heavy atom. The molecule has 0 bridgehead atoms. The summed E-state index contributed by atoms with van der Waals surface area (Å²) >= 11 is 0. The van der Waals surface area contributed by atoms with Gasteiger partial charge < -0.3 is 19.5 Å². The molecule has 0 aliphatic carbocycles. The van der Waals surface area contributed by atoms with E-state index in [1.54, 1.807) is 32.4 Å². The number of nitriles is 1. The third-order valence-corrected chi connectivity index (χ3v) is 4.95. The molecule has 0 aliphatic heterocycles. The molecule has 6 nitrogen and oxygen atoms in total. The average molecular weight is 443 g/mol. The molecule has 0 aromatic heterocycles. The van der Waals surface area contributed by atoms with Crippen LogP contribution in [0.2, 0.25) is 0 Å². The highest BCUT2D eigenvalue weighted by Crippen LogP contribution is 2.29. The molecule has 6 heteroatoms. The van der Waals surface area contributed by atoms with Crippen LogP contribution in [0, 0.1) is 18.3 Å². The second kappa shape index (κ2) is 11.4. The van der Waals surface area contributed by atoms with Gasteiger partial charge in [0.25, 0.3) is 5.91 Å². The van der Waals surface area contributed by atoms with Gasteiger partial charge in [0, 0.05) is 6.54 Å². The molecule has 0 unspecified atom stereocenters. The largest absolute Gasteiger partial charge is 0.497 e. The van der Waals surface area contributed by atoms with Crippen LogP contribution in [-0.2, 0) is 17.9 Å². The number of rotatable bonds is 9. The van der Waals surface area contributed by atoms with Crippen LogP contribution in [-0.4, -0.2) is 20.1 Å². The summed E-state index contributed by atoms with van der Waals surface area (Å²) in [5.74, 6) is 1.39. The molecule has 0 saturated heterocycles. The molecule has 0 fully saturated rings. The van der Waals surface area contributed by atoms with Crippen molar-refractivity contribution >= 4 is 12.0 Å². The molecule has 1 N–H and O–H groups in total. The number of hydrogen-bond acceptors (Lipinski definition) is 5. The van der Waals surface area contributed by atoms with Crippen molar-refractivity contribution in [3.63, 3.8) is 0 Å². The topological polar surface area (TPSA) is 80.6 Å². The monoisotopic (exact) mass is 442 g/mol. The van der Waals surface area contributed by atoms with E-state index in [1.807, 2.05) is 55.5 Å². The summed E-state index contributed by atoms with van der Waals surface area (Å²) < 4.78 is 16.5. The van der Waals surface area contributed by atoms with Crippen LogP contribution in [0.3, 0.4) is 0 Å². The van der Waals surface area contributed by atoms with Gasteiger partial charge in [-0.1, -0.05) is 48.0 Å². The fraction of sp³-hybridized carbons (Fsp3) is 0.185. The zero-order valence-corrected chi connectivity index (χ0v) is 18.9. The van der Waals surface area contributed by atoms with Crippen molar-refractivity contribution in [2.75, 3.05) is 14.2 Å². The van der Waals surface area contributed by atoms with E-state index in [0.717, 1.165) is 22.4 Å². The van der Waals surface area contributed by atoms with Crippen molar-refractivity contribution in [2.45, 2.75) is 20.1 Å². The first kappa shape index (κ1) is 23.4. The van der Waals surface area contributed by atoms with Crippen LogP contribution in [0.5, 0.6) is 17.2 Å². The van der Waals surface area contributed by atoms with Gasteiger partial charge in [-0.05, 0) is 54.0 Å². The van der Waals surface area contributed by atoms with E-state index in [4.69, 9.17) is 14.2 Å². The van der Waals surface area contributed by atoms with Crippen LogP contribution in [0.4, 0.5) is 0 Å². The standard InChI is InChI=1S/C27H26N2O4/c1-19-5-4-6-22(13-19)18-33-25-12-9-21(15-26(25)32-3)14-23(16-28)27(30)29-17-20-7-10-24(31-2)11-8-20/h4-15H,17-18H2,1-3H3,(H,29,30)/b23-14-. The van der Waals surface area contributed by atoms with Gasteiger partial charge in [0.2, 0.25) is 0 Å². The van der Waals surface area contributed by atoms with Crippen LogP contribution in [0.25, 0.3) is 6.08 Å². The second-order valence-electron chi connectivity index (χ2n) is 7.39. The molecule has 3 aromatic rings. The molecule has 0 saturated carbocycles. The molecule has 1 amide bonds. The lowest BCUT2D eigenvalue weighted by atomic mass is 10.1. The molecule has 168 valence electrons. The molecule has 33 heavy (non-hydrogen) atoms. The van der Waals surface area contributed by atoms with E-state index in [9.17, 15) is 10.1 Å². The number of benzene rings is 3. The predicted molar refractivity (Wildman–Crippen MR) is 127 cm³/mol. The smallest absolute Gasteiger partial charge is 0.262 e. The summed E-state index contributed by atoms with van der Waals surface area (Å²) in [5.41, 5.74) is 3.78. The highest BCUT2D eigenvalue weighted by molar-refractivity contribution is 6.01. The summed E-state index contributed by atoms with van der Waals surface area (Å²) in [5, 5.41) is 12.2. The fourth-order valence-electron chi connectivity index (χ4n) is 3.19. The number of nitrogens with one attached hydrogen (secondary N) is 1. The van der Waals surface area contributed by atoms with Gasteiger partial charge >= 0.3 is 0 Å². The number of carbonyl (C=O) groups excluding carboxylic acids is 1. The van der Waals surface area contributed by atoms with Crippen molar-refractivity contribution in [1.82, 2.24) is 5.32 Å². The van der Waals surface area contributed by atoms with Crippen molar-refractivity contribution in [3.8, 4) is 23.3 Å². The van der Waals surface area contributed by atoms with E-state index in [2.05, 4.69) is 11.4 Å². The van der Waals surface area contributed by atoms with Crippen molar-refractivity contribution in [2.24, 2.45) is 0 Å². The number of aryl methyl sites for hydroxylation is 1. The predicted octanol–water partition coefficient (Wildman–Crippen LogP) is 4.81. The molecule has 0 aliphatic rings. The fourth-order valence-corrected chi connectivity index (χ4v) is 3.19. The number of methoxy groups -OCH3 is 2. The number of nitrogens with zero attached hydrogens (tertiary/aromatic N) is 1. The van der Waals surface area contributed by atoms with Crippen LogP contribution in [0.1, 0.15) is 22.3 Å². The lowest BCUT2D eigenvalue weighted by Gasteiger charge is -2.12. The van der Waals surface area contributed by atoms with E-state index in [0.29, 0.717) is 30.2 Å². The Bertz CT molecular complexity index is 1180. The van der Waals surface area contributed by atoms with E-state index in [1.165, 1.54) is 6.08 Å². The highest BCUT2D eigenvalue weighted by Gasteiger charge is 2.11. The van der Waals surface area contributed by atoms with Gasteiger partial charge in [0.05, 0.1) is 14.2 Å². The lowest BCUT2D eigenvalue weighted by Crippen LogP contribution is -2.23. The summed E-state index contributed by atoms with van der Waals surface area (Å²) in [4.78, 5) is 12.5. The zero-order valence-electron chi connectivity index (χ0n) is 18.9. The van der Waals surface area contributed by atoms with Crippen molar-refractivity contribution in [3.05, 3.63) is 94.6 Å². The normalized spacial score (nSPS) is 10.8. The maximum Gasteiger partial charge on any atom is 0.262 e. The third-order valence-electron chi connectivity index (χ3n) is 4.95. The van der Waals surface area contributed by atoms with E-state index >= 15 is 0 Å². The van der Waals surface area contributed by atoms with E-state index < -0.39 is 5.91 Å². The lowest BCUT2D eigenvalue weighted by molar-refractivity contribution is -0.117. The first-order chi connectivity index (χ1) is 16.0. The zero-order chi connectivity index (χ0) is 23.6. The summed E-state index contributed by atoms with van der Waals surface area (Å²) in [6.45, 7) is 2.74. The molecule has 3 aromatic carbocycles. The minimum absolute atomic E-state index is 0.000932. The number of amides is 1. The first-order valence-electron chi connectivity index (χ1n) is 10.4. The van der Waals surface area contributed by atoms with Gasteiger partial charge in [0.15, 0.2) is 11.5 Å². The summed E-state index contributed by atoms with van der Waals surface area (Å²) in [7, 11) is 3.15. The Labute approximate surface area is 194 Å². The molecular weight excluding hydrogens is 416 g/mol.